The molecular formula is C13H12N2O2. The first-order chi connectivity index (χ1) is 8.27. The fraction of sp³-hybridized carbons (Fsp3) is 0.0769. The molecule has 0 unspecified atom stereocenters. The van der Waals surface area contributed by atoms with E-state index in [0.29, 0.717) is 11.3 Å². The predicted molar refractivity (Wildman–Crippen MR) is 64.3 cm³/mol. The van der Waals surface area contributed by atoms with Crippen LogP contribution in [0.15, 0.2) is 54.9 Å². The highest BCUT2D eigenvalue weighted by Gasteiger charge is 2.16. The largest absolute Gasteiger partial charge is 0.378 e. The Balaban J connectivity index is 2.06. The number of anilines is 1. The van der Waals surface area contributed by atoms with Crippen molar-refractivity contribution >= 4 is 11.6 Å². The van der Waals surface area contributed by atoms with Crippen LogP contribution in [0.4, 0.5) is 5.69 Å². The van der Waals surface area contributed by atoms with Crippen LogP contribution in [0.5, 0.6) is 0 Å². The van der Waals surface area contributed by atoms with Gasteiger partial charge in [-0.15, -0.1) is 0 Å². The molecule has 1 aromatic heterocycles. The number of rotatable bonds is 3. The summed E-state index contributed by atoms with van der Waals surface area (Å²) in [4.78, 5) is 15.6. The Labute approximate surface area is 98.9 Å². The van der Waals surface area contributed by atoms with E-state index in [-0.39, 0.29) is 0 Å². The molecule has 4 nitrogen and oxygen atoms in total. The third-order valence-corrected chi connectivity index (χ3v) is 2.29. The van der Waals surface area contributed by atoms with Gasteiger partial charge in [0.15, 0.2) is 6.10 Å². The second kappa shape index (κ2) is 5.23. The molecule has 0 radical (unpaired) electrons. The summed E-state index contributed by atoms with van der Waals surface area (Å²) in [7, 11) is 0. The molecule has 0 saturated carbocycles. The summed E-state index contributed by atoms with van der Waals surface area (Å²) in [6.07, 6.45) is 1.97. The van der Waals surface area contributed by atoms with Crippen LogP contribution in [-0.2, 0) is 4.79 Å². The first-order valence-electron chi connectivity index (χ1n) is 5.21. The third kappa shape index (κ3) is 2.89. The minimum absolute atomic E-state index is 0.468. The number of aliphatic hydroxyl groups excluding tert-OH is 1. The zero-order valence-corrected chi connectivity index (χ0v) is 9.08. The second-order valence-electron chi connectivity index (χ2n) is 3.54. The minimum Gasteiger partial charge on any atom is -0.378 e. The van der Waals surface area contributed by atoms with Gasteiger partial charge in [0.25, 0.3) is 5.91 Å². The van der Waals surface area contributed by atoms with Gasteiger partial charge in [0.2, 0.25) is 0 Å². The van der Waals surface area contributed by atoms with E-state index < -0.39 is 12.0 Å². The highest BCUT2D eigenvalue weighted by Crippen LogP contribution is 2.14. The van der Waals surface area contributed by atoms with Crippen LogP contribution in [0.1, 0.15) is 11.7 Å². The van der Waals surface area contributed by atoms with Gasteiger partial charge in [-0.05, 0) is 17.7 Å². The van der Waals surface area contributed by atoms with Crippen LogP contribution >= 0.6 is 0 Å². The maximum Gasteiger partial charge on any atom is 0.257 e. The van der Waals surface area contributed by atoms with E-state index in [1.54, 1.807) is 42.6 Å². The highest BCUT2D eigenvalue weighted by molar-refractivity contribution is 5.94. The van der Waals surface area contributed by atoms with Gasteiger partial charge in [-0.3, -0.25) is 9.78 Å². The van der Waals surface area contributed by atoms with Crippen LogP contribution in [0.3, 0.4) is 0 Å². The topological polar surface area (TPSA) is 62.2 Å². The third-order valence-electron chi connectivity index (χ3n) is 2.29. The van der Waals surface area contributed by atoms with Crippen LogP contribution in [0, 0.1) is 0 Å². The summed E-state index contributed by atoms with van der Waals surface area (Å²) in [6.45, 7) is 0. The SMILES string of the molecule is O=C(Nc1cccnc1)[C@@H](O)c1ccccc1. The Morgan fingerprint density at radius 3 is 2.59 bits per heavy atom. The van der Waals surface area contributed by atoms with Gasteiger partial charge >= 0.3 is 0 Å². The van der Waals surface area contributed by atoms with Gasteiger partial charge in [0.1, 0.15) is 0 Å². The smallest absolute Gasteiger partial charge is 0.257 e. The van der Waals surface area contributed by atoms with E-state index in [9.17, 15) is 9.90 Å². The number of hydrogen-bond donors (Lipinski definition) is 2. The fourth-order valence-electron chi connectivity index (χ4n) is 1.43. The molecular weight excluding hydrogens is 216 g/mol. The van der Waals surface area contributed by atoms with Gasteiger partial charge in [0, 0.05) is 6.20 Å². The number of nitrogens with one attached hydrogen (secondary N) is 1. The Morgan fingerprint density at radius 1 is 1.18 bits per heavy atom. The average Bonchev–Trinajstić information content (AvgIpc) is 2.40. The molecule has 4 heteroatoms. The van der Waals surface area contributed by atoms with Crippen molar-refractivity contribution in [1.29, 1.82) is 0 Å². The average molecular weight is 228 g/mol. The monoisotopic (exact) mass is 228 g/mol. The standard InChI is InChI=1S/C13H12N2O2/c16-12(10-5-2-1-3-6-10)13(17)15-11-7-4-8-14-9-11/h1-9,12,16H,(H,15,17)/t12-/m0/s1. The van der Waals surface area contributed by atoms with Crippen molar-refractivity contribution in [2.75, 3.05) is 5.32 Å². The Kier molecular flexibility index (Phi) is 3.47. The molecule has 0 saturated heterocycles. The molecule has 2 rings (SSSR count). The lowest BCUT2D eigenvalue weighted by Crippen LogP contribution is -2.20. The van der Waals surface area contributed by atoms with E-state index >= 15 is 0 Å². The number of carbonyl (C=O) groups is 1. The number of benzene rings is 1. The Hall–Kier alpha value is -2.20. The maximum absolute atomic E-state index is 11.7. The van der Waals surface area contributed by atoms with Crippen LogP contribution in [-0.4, -0.2) is 16.0 Å². The molecule has 2 N–H and O–H groups in total. The second-order valence-corrected chi connectivity index (χ2v) is 3.54. The van der Waals surface area contributed by atoms with Crippen molar-refractivity contribution in [3.05, 3.63) is 60.4 Å². The summed E-state index contributed by atoms with van der Waals surface area (Å²) < 4.78 is 0. The van der Waals surface area contributed by atoms with Crippen molar-refractivity contribution in [2.45, 2.75) is 6.10 Å². The lowest BCUT2D eigenvalue weighted by Gasteiger charge is -2.11. The summed E-state index contributed by atoms with van der Waals surface area (Å²) in [5.41, 5.74) is 1.13. The van der Waals surface area contributed by atoms with Crippen LogP contribution in [0.2, 0.25) is 0 Å². The summed E-state index contributed by atoms with van der Waals surface area (Å²) >= 11 is 0. The van der Waals surface area contributed by atoms with E-state index in [4.69, 9.17) is 0 Å². The molecule has 0 fully saturated rings. The van der Waals surface area contributed by atoms with Crippen molar-refractivity contribution in [3.63, 3.8) is 0 Å². The first-order valence-corrected chi connectivity index (χ1v) is 5.21. The molecule has 0 aliphatic carbocycles. The number of aliphatic hydroxyl groups is 1. The molecule has 1 atom stereocenters. The quantitative estimate of drug-likeness (QED) is 0.841. The fourth-order valence-corrected chi connectivity index (χ4v) is 1.43. The molecule has 1 aromatic carbocycles. The first kappa shape index (κ1) is 11.3. The predicted octanol–water partition coefficient (Wildman–Crippen LogP) is 1.75. The molecule has 86 valence electrons. The van der Waals surface area contributed by atoms with Crippen molar-refractivity contribution in [2.24, 2.45) is 0 Å². The van der Waals surface area contributed by atoms with E-state index in [1.165, 1.54) is 6.20 Å². The van der Waals surface area contributed by atoms with Gasteiger partial charge in [-0.25, -0.2) is 0 Å². The number of aromatic nitrogens is 1. The molecule has 0 aliphatic heterocycles. The van der Waals surface area contributed by atoms with Crippen molar-refractivity contribution < 1.29 is 9.90 Å². The number of nitrogens with zero attached hydrogens (tertiary/aromatic N) is 1. The number of carbonyl (C=O) groups excluding carboxylic acids is 1. The van der Waals surface area contributed by atoms with Crippen LogP contribution in [0.25, 0.3) is 0 Å². The Bertz CT molecular complexity index is 485. The molecule has 17 heavy (non-hydrogen) atoms. The Morgan fingerprint density at radius 2 is 1.94 bits per heavy atom. The maximum atomic E-state index is 11.7. The molecule has 1 amide bonds. The van der Waals surface area contributed by atoms with E-state index in [0.717, 1.165) is 0 Å². The molecule has 2 aromatic rings. The summed E-state index contributed by atoms with van der Waals surface area (Å²) in [5.74, 6) is -0.468. The van der Waals surface area contributed by atoms with Crippen LogP contribution < -0.4 is 5.32 Å². The lowest BCUT2D eigenvalue weighted by molar-refractivity contribution is -0.124. The molecule has 0 bridgehead atoms. The van der Waals surface area contributed by atoms with Crippen molar-refractivity contribution in [3.8, 4) is 0 Å². The summed E-state index contributed by atoms with van der Waals surface area (Å²) in [6, 6.07) is 12.2. The highest BCUT2D eigenvalue weighted by atomic mass is 16.3. The number of pyridine rings is 1. The zero-order valence-electron chi connectivity index (χ0n) is 9.08. The summed E-state index contributed by atoms with van der Waals surface area (Å²) in [5, 5.41) is 12.4. The zero-order chi connectivity index (χ0) is 12.1. The van der Waals surface area contributed by atoms with E-state index in [1.807, 2.05) is 6.07 Å². The molecule has 0 aliphatic rings. The van der Waals surface area contributed by atoms with Gasteiger partial charge in [-0.2, -0.15) is 0 Å². The lowest BCUT2D eigenvalue weighted by atomic mass is 10.1. The number of hydrogen-bond acceptors (Lipinski definition) is 3. The number of amides is 1. The van der Waals surface area contributed by atoms with Crippen molar-refractivity contribution in [1.82, 2.24) is 4.98 Å². The van der Waals surface area contributed by atoms with E-state index in [2.05, 4.69) is 10.3 Å². The molecule has 1 heterocycles. The van der Waals surface area contributed by atoms with Gasteiger partial charge in [-0.1, -0.05) is 30.3 Å². The van der Waals surface area contributed by atoms with Gasteiger partial charge < -0.3 is 10.4 Å². The van der Waals surface area contributed by atoms with Gasteiger partial charge in [0.05, 0.1) is 11.9 Å². The minimum atomic E-state index is -1.17. The molecule has 0 spiro atoms. The normalized spacial score (nSPS) is 11.8.